The fraction of sp³-hybridized carbons (Fsp3) is 0.462. The zero-order valence-electron chi connectivity index (χ0n) is 10.5. The number of hydrogen-bond donors (Lipinski definition) is 1. The van der Waals surface area contributed by atoms with Crippen LogP contribution < -0.4 is 10.5 Å². The minimum Gasteiger partial charge on any atom is -0.493 e. The van der Waals surface area contributed by atoms with Crippen molar-refractivity contribution in [3.05, 3.63) is 29.3 Å². The average Bonchev–Trinajstić information content (AvgIpc) is 2.30. The van der Waals surface area contributed by atoms with Crippen molar-refractivity contribution in [1.82, 2.24) is 0 Å². The van der Waals surface area contributed by atoms with Crippen molar-refractivity contribution in [2.45, 2.75) is 26.3 Å². The second-order valence-electron chi connectivity index (χ2n) is 4.00. The molecule has 94 valence electrons. The van der Waals surface area contributed by atoms with E-state index in [2.05, 4.69) is 4.74 Å². The molecular formula is C13H19NO3. The van der Waals surface area contributed by atoms with Crippen LogP contribution in [0.4, 0.5) is 0 Å². The smallest absolute Gasteiger partial charge is 0.308 e. The van der Waals surface area contributed by atoms with Crippen LogP contribution in [0.15, 0.2) is 18.2 Å². The minimum atomic E-state index is -0.278. The normalized spacial score (nSPS) is 12.0. The first-order valence-corrected chi connectivity index (χ1v) is 5.60. The molecule has 0 saturated heterocycles. The van der Waals surface area contributed by atoms with Crippen molar-refractivity contribution in [3.63, 3.8) is 0 Å². The summed E-state index contributed by atoms with van der Waals surface area (Å²) in [5, 5.41) is 0. The molecule has 17 heavy (non-hydrogen) atoms. The molecule has 0 amide bonds. The van der Waals surface area contributed by atoms with Crippen molar-refractivity contribution in [2.75, 3.05) is 13.7 Å². The first-order chi connectivity index (χ1) is 8.04. The van der Waals surface area contributed by atoms with E-state index in [0.29, 0.717) is 6.61 Å². The Morgan fingerprint density at radius 1 is 1.47 bits per heavy atom. The molecule has 0 spiro atoms. The molecule has 0 radical (unpaired) electrons. The number of hydrogen-bond acceptors (Lipinski definition) is 4. The van der Waals surface area contributed by atoms with Gasteiger partial charge in [-0.15, -0.1) is 0 Å². The predicted octanol–water partition coefficient (Wildman–Crippen LogP) is 1.96. The Morgan fingerprint density at radius 3 is 2.76 bits per heavy atom. The number of carbonyl (C=O) groups is 1. The van der Waals surface area contributed by atoms with E-state index in [9.17, 15) is 4.79 Å². The van der Waals surface area contributed by atoms with Crippen LogP contribution >= 0.6 is 0 Å². The summed E-state index contributed by atoms with van der Waals surface area (Å²) in [6, 6.07) is 5.74. The van der Waals surface area contributed by atoms with E-state index >= 15 is 0 Å². The molecule has 0 bridgehead atoms. The topological polar surface area (TPSA) is 61.5 Å². The molecule has 0 aliphatic carbocycles. The molecule has 0 saturated carbocycles. The largest absolute Gasteiger partial charge is 0.493 e. The molecule has 0 aliphatic rings. The number of ether oxygens (including phenoxy) is 2. The Morgan fingerprint density at radius 2 is 2.18 bits per heavy atom. The van der Waals surface area contributed by atoms with E-state index in [4.69, 9.17) is 10.5 Å². The molecule has 0 heterocycles. The maximum absolute atomic E-state index is 10.9. The van der Waals surface area contributed by atoms with Crippen LogP contribution in [-0.4, -0.2) is 19.7 Å². The summed E-state index contributed by atoms with van der Waals surface area (Å²) in [5.74, 6) is 0.453. The maximum atomic E-state index is 10.9. The van der Waals surface area contributed by atoms with Gasteiger partial charge >= 0.3 is 5.97 Å². The van der Waals surface area contributed by atoms with Crippen molar-refractivity contribution < 1.29 is 14.3 Å². The standard InChI is InChI=1S/C13H19NO3/c1-9-4-5-12(11(8-9)10(2)14)17-7-6-13(15)16-3/h4-5,8,10H,6-7,14H2,1-3H3. The van der Waals surface area contributed by atoms with Gasteiger partial charge in [0, 0.05) is 11.6 Å². The Balaban J connectivity index is 2.67. The number of methoxy groups -OCH3 is 1. The van der Waals surface area contributed by atoms with Gasteiger partial charge in [-0.2, -0.15) is 0 Å². The third-order valence-corrected chi connectivity index (χ3v) is 2.45. The fourth-order valence-electron chi connectivity index (χ4n) is 1.50. The highest BCUT2D eigenvalue weighted by molar-refractivity contribution is 5.69. The number of nitrogens with two attached hydrogens (primary N) is 1. The van der Waals surface area contributed by atoms with Gasteiger partial charge < -0.3 is 15.2 Å². The molecule has 4 nitrogen and oxygen atoms in total. The Labute approximate surface area is 102 Å². The molecule has 0 fully saturated rings. The maximum Gasteiger partial charge on any atom is 0.308 e. The number of esters is 1. The molecule has 2 N–H and O–H groups in total. The lowest BCUT2D eigenvalue weighted by molar-refractivity contribution is -0.141. The van der Waals surface area contributed by atoms with Crippen LogP contribution in [0.3, 0.4) is 0 Å². The lowest BCUT2D eigenvalue weighted by Gasteiger charge is -2.14. The molecule has 1 rings (SSSR count). The highest BCUT2D eigenvalue weighted by atomic mass is 16.5. The SMILES string of the molecule is COC(=O)CCOc1ccc(C)cc1C(C)N. The Hall–Kier alpha value is -1.55. The molecule has 1 aromatic carbocycles. The van der Waals surface area contributed by atoms with Crippen molar-refractivity contribution in [3.8, 4) is 5.75 Å². The number of carbonyl (C=O) groups excluding carboxylic acids is 1. The van der Waals surface area contributed by atoms with Crippen LogP contribution in [0, 0.1) is 6.92 Å². The van der Waals surface area contributed by atoms with Crippen molar-refractivity contribution in [1.29, 1.82) is 0 Å². The summed E-state index contributed by atoms with van der Waals surface area (Å²) in [6.45, 7) is 4.21. The molecule has 0 aromatic heterocycles. The lowest BCUT2D eigenvalue weighted by Crippen LogP contribution is -2.11. The Bertz CT molecular complexity index is 388. The van der Waals surface area contributed by atoms with E-state index in [1.54, 1.807) is 0 Å². The summed E-state index contributed by atoms with van der Waals surface area (Å²) in [6.07, 6.45) is 0.239. The van der Waals surface area contributed by atoms with Gasteiger partial charge in [-0.25, -0.2) is 0 Å². The van der Waals surface area contributed by atoms with Gasteiger partial charge in [0.25, 0.3) is 0 Å². The predicted molar refractivity (Wildman–Crippen MR) is 65.9 cm³/mol. The number of aryl methyl sites for hydroxylation is 1. The third kappa shape index (κ3) is 4.07. The van der Waals surface area contributed by atoms with E-state index < -0.39 is 0 Å². The van der Waals surface area contributed by atoms with Gasteiger partial charge in [0.05, 0.1) is 20.1 Å². The average molecular weight is 237 g/mol. The Kier molecular flexibility index (Phi) is 4.97. The van der Waals surface area contributed by atoms with Crippen LogP contribution in [0.25, 0.3) is 0 Å². The van der Waals surface area contributed by atoms with E-state index in [-0.39, 0.29) is 18.4 Å². The van der Waals surface area contributed by atoms with Gasteiger partial charge in [0.1, 0.15) is 5.75 Å². The highest BCUT2D eigenvalue weighted by Gasteiger charge is 2.09. The highest BCUT2D eigenvalue weighted by Crippen LogP contribution is 2.25. The molecule has 1 unspecified atom stereocenters. The van der Waals surface area contributed by atoms with Gasteiger partial charge in [-0.3, -0.25) is 4.79 Å². The molecule has 1 atom stereocenters. The fourth-order valence-corrected chi connectivity index (χ4v) is 1.50. The van der Waals surface area contributed by atoms with E-state index in [0.717, 1.165) is 16.9 Å². The molecule has 4 heteroatoms. The molecule has 0 aliphatic heterocycles. The summed E-state index contributed by atoms with van der Waals surface area (Å²) in [7, 11) is 1.36. The van der Waals surface area contributed by atoms with Gasteiger partial charge in [0.2, 0.25) is 0 Å². The number of benzene rings is 1. The van der Waals surface area contributed by atoms with Gasteiger partial charge in [0.15, 0.2) is 0 Å². The van der Waals surface area contributed by atoms with E-state index in [1.165, 1.54) is 7.11 Å². The van der Waals surface area contributed by atoms with Crippen molar-refractivity contribution >= 4 is 5.97 Å². The second-order valence-corrected chi connectivity index (χ2v) is 4.00. The molecule has 1 aromatic rings. The zero-order chi connectivity index (χ0) is 12.8. The van der Waals surface area contributed by atoms with Crippen molar-refractivity contribution in [2.24, 2.45) is 5.73 Å². The molecular weight excluding hydrogens is 218 g/mol. The quantitative estimate of drug-likeness (QED) is 0.795. The zero-order valence-corrected chi connectivity index (χ0v) is 10.5. The second kappa shape index (κ2) is 6.25. The first-order valence-electron chi connectivity index (χ1n) is 5.60. The summed E-state index contributed by atoms with van der Waals surface area (Å²) >= 11 is 0. The van der Waals surface area contributed by atoms with Gasteiger partial charge in [-0.1, -0.05) is 17.7 Å². The minimum absolute atomic E-state index is 0.0944. The van der Waals surface area contributed by atoms with E-state index in [1.807, 2.05) is 32.0 Å². The summed E-state index contributed by atoms with van der Waals surface area (Å²) < 4.78 is 10.1. The number of rotatable bonds is 5. The van der Waals surface area contributed by atoms with Crippen LogP contribution in [0.5, 0.6) is 5.75 Å². The van der Waals surface area contributed by atoms with Gasteiger partial charge in [-0.05, 0) is 19.9 Å². The third-order valence-electron chi connectivity index (χ3n) is 2.45. The summed E-state index contributed by atoms with van der Waals surface area (Å²) in [4.78, 5) is 10.9. The lowest BCUT2D eigenvalue weighted by atomic mass is 10.1. The van der Waals surface area contributed by atoms with Crippen LogP contribution in [0.1, 0.15) is 30.5 Å². The summed E-state index contributed by atoms with van der Waals surface area (Å²) in [5.41, 5.74) is 7.96. The van der Waals surface area contributed by atoms with Crippen LogP contribution in [-0.2, 0) is 9.53 Å². The monoisotopic (exact) mass is 237 g/mol. The van der Waals surface area contributed by atoms with Crippen LogP contribution in [0.2, 0.25) is 0 Å². The first kappa shape index (κ1) is 13.5.